The fourth-order valence-corrected chi connectivity index (χ4v) is 2.92. The van der Waals surface area contributed by atoms with Crippen molar-refractivity contribution in [3.63, 3.8) is 0 Å². The molecule has 120 valence electrons. The standard InChI is InChI=1S/C19H23N3O/c1-2-16-3-5-18(6-4-16)19(23)22-13-11-21(12-14-22)15-17-7-9-20-10-8-17/h3-10H,2,11-15H2,1H3. The van der Waals surface area contributed by atoms with Crippen molar-refractivity contribution in [2.24, 2.45) is 0 Å². The first-order valence-corrected chi connectivity index (χ1v) is 8.25. The van der Waals surface area contributed by atoms with Crippen LogP contribution in [-0.4, -0.2) is 46.9 Å². The lowest BCUT2D eigenvalue weighted by Crippen LogP contribution is -2.48. The highest BCUT2D eigenvalue weighted by Gasteiger charge is 2.22. The smallest absolute Gasteiger partial charge is 0.253 e. The quantitative estimate of drug-likeness (QED) is 0.871. The molecule has 1 aliphatic heterocycles. The van der Waals surface area contributed by atoms with Gasteiger partial charge in [-0.1, -0.05) is 19.1 Å². The van der Waals surface area contributed by atoms with Crippen LogP contribution in [0.15, 0.2) is 48.8 Å². The van der Waals surface area contributed by atoms with Gasteiger partial charge in [-0.2, -0.15) is 0 Å². The van der Waals surface area contributed by atoms with E-state index in [9.17, 15) is 4.79 Å². The Morgan fingerprint density at radius 3 is 2.22 bits per heavy atom. The third kappa shape index (κ3) is 3.96. The van der Waals surface area contributed by atoms with Gasteiger partial charge in [0.1, 0.15) is 0 Å². The number of aromatic nitrogens is 1. The second-order valence-electron chi connectivity index (χ2n) is 5.97. The van der Waals surface area contributed by atoms with Crippen molar-refractivity contribution < 1.29 is 4.79 Å². The summed E-state index contributed by atoms with van der Waals surface area (Å²) in [7, 11) is 0. The second kappa shape index (κ2) is 7.38. The Kier molecular flexibility index (Phi) is 5.03. The zero-order valence-electron chi connectivity index (χ0n) is 13.6. The third-order valence-electron chi connectivity index (χ3n) is 4.42. The zero-order valence-corrected chi connectivity index (χ0v) is 13.6. The van der Waals surface area contributed by atoms with Crippen LogP contribution in [-0.2, 0) is 13.0 Å². The number of aryl methyl sites for hydroxylation is 1. The molecule has 4 nitrogen and oxygen atoms in total. The molecule has 0 unspecified atom stereocenters. The average molecular weight is 309 g/mol. The highest BCUT2D eigenvalue weighted by molar-refractivity contribution is 5.94. The van der Waals surface area contributed by atoms with Gasteiger partial charge in [0.2, 0.25) is 0 Å². The lowest BCUT2D eigenvalue weighted by atomic mass is 10.1. The Bertz CT molecular complexity index is 631. The maximum Gasteiger partial charge on any atom is 0.253 e. The number of hydrogen-bond acceptors (Lipinski definition) is 3. The van der Waals surface area contributed by atoms with Crippen LogP contribution >= 0.6 is 0 Å². The Labute approximate surface area is 137 Å². The first-order chi connectivity index (χ1) is 11.3. The van der Waals surface area contributed by atoms with Gasteiger partial charge in [0.15, 0.2) is 0 Å². The van der Waals surface area contributed by atoms with E-state index in [4.69, 9.17) is 0 Å². The molecule has 1 fully saturated rings. The molecule has 23 heavy (non-hydrogen) atoms. The topological polar surface area (TPSA) is 36.4 Å². The summed E-state index contributed by atoms with van der Waals surface area (Å²) in [6.07, 6.45) is 4.66. The van der Waals surface area contributed by atoms with Gasteiger partial charge in [0.25, 0.3) is 5.91 Å². The molecule has 0 saturated carbocycles. The Morgan fingerprint density at radius 1 is 0.957 bits per heavy atom. The number of benzene rings is 1. The van der Waals surface area contributed by atoms with Crippen molar-refractivity contribution >= 4 is 5.91 Å². The van der Waals surface area contributed by atoms with Crippen LogP contribution < -0.4 is 0 Å². The summed E-state index contributed by atoms with van der Waals surface area (Å²) >= 11 is 0. The van der Waals surface area contributed by atoms with Crippen molar-refractivity contribution in [1.82, 2.24) is 14.8 Å². The molecule has 1 amide bonds. The van der Waals surface area contributed by atoms with Gasteiger partial charge in [-0.15, -0.1) is 0 Å². The maximum absolute atomic E-state index is 12.6. The fourth-order valence-electron chi connectivity index (χ4n) is 2.92. The van der Waals surface area contributed by atoms with E-state index in [0.717, 1.165) is 44.7 Å². The summed E-state index contributed by atoms with van der Waals surface area (Å²) < 4.78 is 0. The number of nitrogens with zero attached hydrogens (tertiary/aromatic N) is 3. The van der Waals surface area contributed by atoms with E-state index < -0.39 is 0 Å². The SMILES string of the molecule is CCc1ccc(C(=O)N2CCN(Cc3ccncc3)CC2)cc1. The van der Waals surface area contributed by atoms with Crippen molar-refractivity contribution in [2.45, 2.75) is 19.9 Å². The predicted molar refractivity (Wildman–Crippen MR) is 91.2 cm³/mol. The normalized spacial score (nSPS) is 15.6. The van der Waals surface area contributed by atoms with Crippen LogP contribution in [0.3, 0.4) is 0 Å². The van der Waals surface area contributed by atoms with Crippen LogP contribution in [0.2, 0.25) is 0 Å². The van der Waals surface area contributed by atoms with Gasteiger partial charge >= 0.3 is 0 Å². The molecule has 1 aromatic heterocycles. The van der Waals surface area contributed by atoms with Gasteiger partial charge in [-0.3, -0.25) is 14.7 Å². The number of pyridine rings is 1. The van der Waals surface area contributed by atoms with Gasteiger partial charge < -0.3 is 4.90 Å². The van der Waals surface area contributed by atoms with Gasteiger partial charge in [0.05, 0.1) is 0 Å². The minimum absolute atomic E-state index is 0.149. The summed E-state index contributed by atoms with van der Waals surface area (Å²) in [5.74, 6) is 0.149. The van der Waals surface area contributed by atoms with Crippen molar-refractivity contribution in [2.75, 3.05) is 26.2 Å². The molecule has 2 aromatic rings. The number of piperazine rings is 1. The Balaban J connectivity index is 1.54. The minimum atomic E-state index is 0.149. The minimum Gasteiger partial charge on any atom is -0.336 e. The van der Waals surface area contributed by atoms with Crippen LogP contribution in [0.1, 0.15) is 28.4 Å². The number of rotatable bonds is 4. The molecule has 0 radical (unpaired) electrons. The highest BCUT2D eigenvalue weighted by atomic mass is 16.2. The average Bonchev–Trinajstić information content (AvgIpc) is 2.63. The number of amides is 1. The number of carbonyl (C=O) groups excluding carboxylic acids is 1. The van der Waals surface area contributed by atoms with E-state index in [2.05, 4.69) is 16.8 Å². The summed E-state index contributed by atoms with van der Waals surface area (Å²) in [6.45, 7) is 6.47. The molecule has 0 bridgehead atoms. The third-order valence-corrected chi connectivity index (χ3v) is 4.42. The Hall–Kier alpha value is -2.20. The fraction of sp³-hybridized carbons (Fsp3) is 0.368. The second-order valence-corrected chi connectivity index (χ2v) is 5.97. The van der Waals surface area contributed by atoms with Gasteiger partial charge in [-0.05, 0) is 41.8 Å². The van der Waals surface area contributed by atoms with E-state index in [0.29, 0.717) is 0 Å². The summed E-state index contributed by atoms with van der Waals surface area (Å²) in [5.41, 5.74) is 3.34. The summed E-state index contributed by atoms with van der Waals surface area (Å²) in [4.78, 5) is 21.0. The molecule has 2 heterocycles. The predicted octanol–water partition coefficient (Wildman–Crippen LogP) is 2.60. The monoisotopic (exact) mass is 309 g/mol. The zero-order chi connectivity index (χ0) is 16.1. The summed E-state index contributed by atoms with van der Waals surface area (Å²) in [5, 5.41) is 0. The van der Waals surface area contributed by atoms with E-state index in [1.807, 2.05) is 53.7 Å². The molecule has 0 atom stereocenters. The first kappa shape index (κ1) is 15.7. The molecule has 0 N–H and O–H groups in total. The van der Waals surface area contributed by atoms with Crippen LogP contribution in [0.25, 0.3) is 0 Å². The molecular formula is C19H23N3O. The molecular weight excluding hydrogens is 286 g/mol. The van der Waals surface area contributed by atoms with E-state index in [1.54, 1.807) is 0 Å². The lowest BCUT2D eigenvalue weighted by Gasteiger charge is -2.34. The molecule has 1 aliphatic rings. The maximum atomic E-state index is 12.6. The molecule has 1 saturated heterocycles. The highest BCUT2D eigenvalue weighted by Crippen LogP contribution is 2.12. The molecule has 0 spiro atoms. The largest absolute Gasteiger partial charge is 0.336 e. The molecule has 3 rings (SSSR count). The molecule has 1 aromatic carbocycles. The van der Waals surface area contributed by atoms with Crippen LogP contribution in [0.5, 0.6) is 0 Å². The van der Waals surface area contributed by atoms with Crippen molar-refractivity contribution in [3.8, 4) is 0 Å². The van der Waals surface area contributed by atoms with Crippen LogP contribution in [0, 0.1) is 0 Å². The van der Waals surface area contributed by atoms with Gasteiger partial charge in [-0.25, -0.2) is 0 Å². The number of carbonyl (C=O) groups is 1. The summed E-state index contributed by atoms with van der Waals surface area (Å²) in [6, 6.07) is 12.1. The molecule has 0 aliphatic carbocycles. The van der Waals surface area contributed by atoms with Crippen molar-refractivity contribution in [1.29, 1.82) is 0 Å². The van der Waals surface area contributed by atoms with E-state index in [1.165, 1.54) is 11.1 Å². The first-order valence-electron chi connectivity index (χ1n) is 8.25. The van der Waals surface area contributed by atoms with E-state index in [-0.39, 0.29) is 5.91 Å². The van der Waals surface area contributed by atoms with Crippen LogP contribution in [0.4, 0.5) is 0 Å². The number of hydrogen-bond donors (Lipinski definition) is 0. The Morgan fingerprint density at radius 2 is 1.61 bits per heavy atom. The lowest BCUT2D eigenvalue weighted by molar-refractivity contribution is 0.0628. The van der Waals surface area contributed by atoms with E-state index >= 15 is 0 Å². The molecule has 4 heteroatoms. The van der Waals surface area contributed by atoms with Gasteiger partial charge in [0, 0.05) is 50.7 Å². The van der Waals surface area contributed by atoms with Crippen molar-refractivity contribution in [3.05, 3.63) is 65.5 Å².